The summed E-state index contributed by atoms with van der Waals surface area (Å²) < 4.78 is 0. The number of hydrogen-bond donors (Lipinski definition) is 3. The van der Waals surface area contributed by atoms with Gasteiger partial charge in [0.1, 0.15) is 5.82 Å². The first-order valence-corrected chi connectivity index (χ1v) is 9.29. The van der Waals surface area contributed by atoms with Crippen molar-refractivity contribution in [2.24, 2.45) is 0 Å². The molecule has 8 nitrogen and oxygen atoms in total. The number of fused-ring (bicyclic) bond motifs is 1. The summed E-state index contributed by atoms with van der Waals surface area (Å²) in [5.41, 5.74) is 2.41. The lowest BCUT2D eigenvalue weighted by Gasteiger charge is -2.22. The van der Waals surface area contributed by atoms with Crippen LogP contribution in [-0.4, -0.2) is 33.4 Å². The fourth-order valence-electron chi connectivity index (χ4n) is 2.95. The second-order valence-corrected chi connectivity index (χ2v) is 6.68. The molecule has 3 amide bonds. The van der Waals surface area contributed by atoms with Crippen molar-refractivity contribution in [1.29, 1.82) is 0 Å². The average Bonchev–Trinajstić information content (AvgIpc) is 2.68. The molecular formula is C21H23N5O3. The van der Waals surface area contributed by atoms with Crippen LogP contribution in [0.15, 0.2) is 47.3 Å². The molecule has 0 saturated heterocycles. The van der Waals surface area contributed by atoms with Gasteiger partial charge in [-0.25, -0.2) is 9.78 Å². The molecule has 3 rings (SSSR count). The minimum Gasteiger partial charge on any atom is -0.326 e. The molecule has 0 fully saturated rings. The maximum absolute atomic E-state index is 12.8. The standard InChI is InChI=1S/C21H23N5O3/c1-4-26(12-19-23-17-8-6-5-7-16(17)20(28)25-19)21(29)24-18-11-15(22-14(3)27)10-9-13(18)2/h5-11H,4,12H2,1-3H3,(H,22,27)(H,24,29)(H,23,25,28). The number of aryl methyl sites for hydroxylation is 1. The van der Waals surface area contributed by atoms with Crippen LogP contribution in [-0.2, 0) is 11.3 Å². The molecule has 0 unspecified atom stereocenters. The molecular weight excluding hydrogens is 370 g/mol. The zero-order chi connectivity index (χ0) is 21.0. The highest BCUT2D eigenvalue weighted by atomic mass is 16.2. The number of benzene rings is 2. The maximum atomic E-state index is 12.8. The number of urea groups is 1. The lowest BCUT2D eigenvalue weighted by molar-refractivity contribution is -0.114. The molecule has 1 aromatic heterocycles. The molecule has 0 spiro atoms. The molecule has 8 heteroatoms. The van der Waals surface area contributed by atoms with Crippen molar-refractivity contribution >= 4 is 34.2 Å². The Morgan fingerprint density at radius 1 is 1.14 bits per heavy atom. The predicted octanol–water partition coefficient (Wildman–Crippen LogP) is 3.24. The normalized spacial score (nSPS) is 10.6. The Morgan fingerprint density at radius 2 is 1.90 bits per heavy atom. The zero-order valence-corrected chi connectivity index (χ0v) is 16.6. The number of aromatic nitrogens is 2. The summed E-state index contributed by atoms with van der Waals surface area (Å²) in [5.74, 6) is 0.224. The first kappa shape index (κ1) is 20.1. The van der Waals surface area contributed by atoms with Crippen molar-refractivity contribution in [2.75, 3.05) is 17.2 Å². The number of amides is 3. The number of rotatable bonds is 5. The van der Waals surface area contributed by atoms with Gasteiger partial charge in [-0.3, -0.25) is 9.59 Å². The van der Waals surface area contributed by atoms with Gasteiger partial charge in [-0.05, 0) is 43.7 Å². The molecule has 0 aliphatic carbocycles. The van der Waals surface area contributed by atoms with Gasteiger partial charge in [-0.2, -0.15) is 0 Å². The molecule has 0 radical (unpaired) electrons. The Bertz CT molecular complexity index is 1120. The number of nitrogens with zero attached hydrogens (tertiary/aromatic N) is 2. The number of anilines is 2. The van der Waals surface area contributed by atoms with Crippen LogP contribution in [0, 0.1) is 6.92 Å². The third-order valence-corrected chi connectivity index (χ3v) is 4.47. The van der Waals surface area contributed by atoms with E-state index in [1.54, 1.807) is 30.3 Å². The van der Waals surface area contributed by atoms with E-state index in [1.165, 1.54) is 11.8 Å². The van der Waals surface area contributed by atoms with Gasteiger partial charge >= 0.3 is 6.03 Å². The largest absolute Gasteiger partial charge is 0.326 e. The molecule has 0 atom stereocenters. The van der Waals surface area contributed by atoms with Crippen LogP contribution in [0.4, 0.5) is 16.2 Å². The highest BCUT2D eigenvalue weighted by Gasteiger charge is 2.16. The van der Waals surface area contributed by atoms with Crippen molar-refractivity contribution in [3.63, 3.8) is 0 Å². The van der Waals surface area contributed by atoms with E-state index in [-0.39, 0.29) is 24.0 Å². The SMILES string of the molecule is CCN(Cc1nc2ccccc2c(=O)[nH]1)C(=O)Nc1cc(NC(C)=O)ccc1C. The first-order chi connectivity index (χ1) is 13.9. The van der Waals surface area contributed by atoms with Gasteiger partial charge < -0.3 is 20.5 Å². The second-order valence-electron chi connectivity index (χ2n) is 6.68. The van der Waals surface area contributed by atoms with Crippen molar-refractivity contribution in [1.82, 2.24) is 14.9 Å². The molecule has 0 aliphatic rings. The molecule has 0 saturated carbocycles. The van der Waals surface area contributed by atoms with Crippen molar-refractivity contribution in [2.45, 2.75) is 27.3 Å². The van der Waals surface area contributed by atoms with E-state index in [0.717, 1.165) is 5.56 Å². The third kappa shape index (κ3) is 4.78. The third-order valence-electron chi connectivity index (χ3n) is 4.47. The molecule has 2 aromatic carbocycles. The number of hydrogen-bond acceptors (Lipinski definition) is 4. The maximum Gasteiger partial charge on any atom is 0.322 e. The van der Waals surface area contributed by atoms with Crippen molar-refractivity contribution in [3.8, 4) is 0 Å². The fourth-order valence-corrected chi connectivity index (χ4v) is 2.95. The van der Waals surface area contributed by atoms with E-state index in [4.69, 9.17) is 0 Å². The van der Waals surface area contributed by atoms with Gasteiger partial charge in [0.05, 0.1) is 17.4 Å². The van der Waals surface area contributed by atoms with E-state index in [0.29, 0.717) is 34.6 Å². The summed E-state index contributed by atoms with van der Waals surface area (Å²) in [6.45, 7) is 5.72. The van der Waals surface area contributed by atoms with E-state index < -0.39 is 0 Å². The van der Waals surface area contributed by atoms with Crippen LogP contribution >= 0.6 is 0 Å². The smallest absolute Gasteiger partial charge is 0.322 e. The van der Waals surface area contributed by atoms with Gasteiger partial charge in [0.25, 0.3) is 5.56 Å². The van der Waals surface area contributed by atoms with Crippen molar-refractivity contribution < 1.29 is 9.59 Å². The number of carbonyl (C=O) groups excluding carboxylic acids is 2. The zero-order valence-electron chi connectivity index (χ0n) is 16.6. The average molecular weight is 393 g/mol. The number of para-hydroxylation sites is 1. The van der Waals surface area contributed by atoms with Gasteiger partial charge in [-0.1, -0.05) is 18.2 Å². The quantitative estimate of drug-likeness (QED) is 0.618. The van der Waals surface area contributed by atoms with Crippen LogP contribution in [0.2, 0.25) is 0 Å². The first-order valence-electron chi connectivity index (χ1n) is 9.29. The van der Waals surface area contributed by atoms with Crippen molar-refractivity contribution in [3.05, 3.63) is 64.2 Å². The number of nitrogens with one attached hydrogen (secondary N) is 3. The van der Waals surface area contributed by atoms with Crippen LogP contribution < -0.4 is 16.2 Å². The Kier molecular flexibility index (Phi) is 5.92. The summed E-state index contributed by atoms with van der Waals surface area (Å²) in [5, 5.41) is 6.07. The minimum atomic E-state index is -0.327. The monoisotopic (exact) mass is 393 g/mol. The Balaban J connectivity index is 1.79. The fraction of sp³-hybridized carbons (Fsp3) is 0.238. The van der Waals surface area contributed by atoms with E-state index in [2.05, 4.69) is 20.6 Å². The summed E-state index contributed by atoms with van der Waals surface area (Å²) in [6.07, 6.45) is 0. The van der Waals surface area contributed by atoms with Gasteiger partial charge in [-0.15, -0.1) is 0 Å². The predicted molar refractivity (Wildman–Crippen MR) is 113 cm³/mol. The van der Waals surface area contributed by atoms with E-state index in [1.807, 2.05) is 26.0 Å². The summed E-state index contributed by atoms with van der Waals surface area (Å²) in [7, 11) is 0. The summed E-state index contributed by atoms with van der Waals surface area (Å²) in [4.78, 5) is 45.0. The lowest BCUT2D eigenvalue weighted by atomic mass is 10.2. The molecule has 29 heavy (non-hydrogen) atoms. The highest BCUT2D eigenvalue weighted by Crippen LogP contribution is 2.21. The number of H-pyrrole nitrogens is 1. The van der Waals surface area contributed by atoms with Crippen LogP contribution in [0.1, 0.15) is 25.2 Å². The van der Waals surface area contributed by atoms with Gasteiger partial charge in [0.2, 0.25) is 5.91 Å². The van der Waals surface area contributed by atoms with Gasteiger partial charge in [0, 0.05) is 24.8 Å². The van der Waals surface area contributed by atoms with Crippen LogP contribution in [0.3, 0.4) is 0 Å². The molecule has 0 bridgehead atoms. The topological polar surface area (TPSA) is 107 Å². The Morgan fingerprint density at radius 3 is 2.62 bits per heavy atom. The van der Waals surface area contributed by atoms with Gasteiger partial charge in [0.15, 0.2) is 0 Å². The Labute approximate surface area is 168 Å². The molecule has 1 heterocycles. The molecule has 0 aliphatic heterocycles. The van der Waals surface area contributed by atoms with Crippen LogP contribution in [0.25, 0.3) is 10.9 Å². The lowest BCUT2D eigenvalue weighted by Crippen LogP contribution is -2.35. The van der Waals surface area contributed by atoms with E-state index in [9.17, 15) is 14.4 Å². The van der Waals surface area contributed by atoms with Crippen LogP contribution in [0.5, 0.6) is 0 Å². The highest BCUT2D eigenvalue weighted by molar-refractivity contribution is 5.93. The van der Waals surface area contributed by atoms with E-state index >= 15 is 0 Å². The molecule has 3 aromatic rings. The molecule has 3 N–H and O–H groups in total. The second kappa shape index (κ2) is 8.55. The number of carbonyl (C=O) groups is 2. The minimum absolute atomic E-state index is 0.160. The summed E-state index contributed by atoms with van der Waals surface area (Å²) >= 11 is 0. The number of aromatic amines is 1. The Hall–Kier alpha value is -3.68. The molecule has 150 valence electrons. The summed E-state index contributed by atoms with van der Waals surface area (Å²) in [6, 6.07) is 12.0.